The number of rotatable bonds is 3. The summed E-state index contributed by atoms with van der Waals surface area (Å²) in [5, 5.41) is 12.5. The fourth-order valence-corrected chi connectivity index (χ4v) is 5.73. The third-order valence-corrected chi connectivity index (χ3v) is 7.17. The van der Waals surface area contributed by atoms with Crippen LogP contribution in [0.25, 0.3) is 0 Å². The predicted molar refractivity (Wildman–Crippen MR) is 138 cm³/mol. The molecule has 0 aliphatic carbocycles. The molecule has 0 radical (unpaired) electrons. The third kappa shape index (κ3) is 3.66. The summed E-state index contributed by atoms with van der Waals surface area (Å²) in [4.78, 5) is 35.7. The van der Waals surface area contributed by atoms with Crippen molar-refractivity contribution in [2.45, 2.75) is 50.0 Å². The highest BCUT2D eigenvalue weighted by atomic mass is 16.6. The van der Waals surface area contributed by atoms with Gasteiger partial charge in [0, 0.05) is 36.8 Å². The lowest BCUT2D eigenvalue weighted by Crippen LogP contribution is -2.60. The first-order valence-corrected chi connectivity index (χ1v) is 12.2. The van der Waals surface area contributed by atoms with Crippen LogP contribution in [-0.2, 0) is 20.8 Å². The molecule has 1 saturated heterocycles. The van der Waals surface area contributed by atoms with E-state index in [1.807, 2.05) is 48.5 Å². The van der Waals surface area contributed by atoms with E-state index in [1.54, 1.807) is 64.2 Å². The monoisotopic (exact) mass is 501 g/mol. The SMILES string of the molecule is COc1cccc(C2CC(O)(c3ccccn3)N(C(=O)OC(C)(C)C)C23C(=O)N(C)c2ccccc23)c1. The number of carbonyl (C=O) groups excluding carboxylic acids is 2. The first-order valence-electron chi connectivity index (χ1n) is 12.2. The number of methoxy groups -OCH3 is 1. The number of anilines is 1. The first kappa shape index (κ1) is 24.8. The minimum atomic E-state index is -1.94. The van der Waals surface area contributed by atoms with E-state index in [0.29, 0.717) is 17.0 Å². The Morgan fingerprint density at radius 3 is 2.49 bits per heavy atom. The predicted octanol–water partition coefficient (Wildman–Crippen LogP) is 4.53. The van der Waals surface area contributed by atoms with Gasteiger partial charge in [0.15, 0.2) is 11.3 Å². The Kier molecular flexibility index (Phi) is 5.75. The van der Waals surface area contributed by atoms with Crippen molar-refractivity contribution in [3.63, 3.8) is 0 Å². The van der Waals surface area contributed by atoms with Crippen LogP contribution in [0.5, 0.6) is 5.75 Å². The molecule has 37 heavy (non-hydrogen) atoms. The van der Waals surface area contributed by atoms with Crippen LogP contribution in [0.3, 0.4) is 0 Å². The second-order valence-electron chi connectivity index (χ2n) is 10.5. The highest BCUT2D eigenvalue weighted by molar-refractivity contribution is 6.10. The lowest BCUT2D eigenvalue weighted by molar-refractivity contribution is -0.147. The number of para-hydroxylation sites is 1. The molecular formula is C29H31N3O5. The van der Waals surface area contributed by atoms with Gasteiger partial charge in [-0.2, -0.15) is 0 Å². The molecule has 8 nitrogen and oxygen atoms in total. The number of likely N-dealkylation sites (N-methyl/N-ethyl adjacent to an activating group) is 1. The van der Waals surface area contributed by atoms with Crippen LogP contribution in [0.1, 0.15) is 49.9 Å². The highest BCUT2D eigenvalue weighted by Gasteiger charge is 2.72. The van der Waals surface area contributed by atoms with Gasteiger partial charge in [-0.3, -0.25) is 14.7 Å². The van der Waals surface area contributed by atoms with E-state index >= 15 is 0 Å². The van der Waals surface area contributed by atoms with Crippen molar-refractivity contribution in [3.8, 4) is 5.75 Å². The first-order chi connectivity index (χ1) is 17.5. The molecule has 192 valence electrons. The van der Waals surface area contributed by atoms with E-state index in [4.69, 9.17) is 9.47 Å². The van der Waals surface area contributed by atoms with Gasteiger partial charge in [-0.25, -0.2) is 4.79 Å². The number of hydrogen-bond donors (Lipinski definition) is 1. The number of carbonyl (C=O) groups is 2. The van der Waals surface area contributed by atoms with Gasteiger partial charge in [0.2, 0.25) is 0 Å². The van der Waals surface area contributed by atoms with E-state index < -0.39 is 28.9 Å². The maximum Gasteiger partial charge on any atom is 0.414 e. The molecule has 1 spiro atoms. The van der Waals surface area contributed by atoms with Crippen LogP contribution in [-0.4, -0.2) is 46.7 Å². The largest absolute Gasteiger partial charge is 0.497 e. The number of aromatic nitrogens is 1. The molecule has 2 aromatic carbocycles. The van der Waals surface area contributed by atoms with Crippen molar-refractivity contribution in [2.24, 2.45) is 0 Å². The number of benzene rings is 2. The second-order valence-corrected chi connectivity index (χ2v) is 10.5. The molecule has 3 aromatic rings. The molecular weight excluding hydrogens is 470 g/mol. The number of ether oxygens (including phenoxy) is 2. The van der Waals surface area contributed by atoms with Gasteiger partial charge in [-0.05, 0) is 56.7 Å². The Hall–Kier alpha value is -3.91. The van der Waals surface area contributed by atoms with Gasteiger partial charge in [0.1, 0.15) is 11.4 Å². The Morgan fingerprint density at radius 2 is 1.81 bits per heavy atom. The van der Waals surface area contributed by atoms with E-state index in [0.717, 1.165) is 5.56 Å². The van der Waals surface area contributed by atoms with Crippen molar-refractivity contribution in [3.05, 3.63) is 89.7 Å². The van der Waals surface area contributed by atoms with Crippen molar-refractivity contribution < 1.29 is 24.2 Å². The molecule has 1 N–H and O–H groups in total. The van der Waals surface area contributed by atoms with Crippen LogP contribution in [0, 0.1) is 0 Å². The van der Waals surface area contributed by atoms with Crippen molar-refractivity contribution >= 4 is 17.7 Å². The molecule has 0 saturated carbocycles. The number of pyridine rings is 1. The molecule has 2 amide bonds. The van der Waals surface area contributed by atoms with Crippen LogP contribution in [0.15, 0.2) is 72.9 Å². The molecule has 1 fully saturated rings. The van der Waals surface area contributed by atoms with Gasteiger partial charge in [-0.1, -0.05) is 36.4 Å². The standard InChI is InChI=1S/C29H31N3O5/c1-27(2,3)37-26(34)32-28(35,24-15-8-9-16-30-24)18-22(19-11-10-12-20(17-19)36-5)29(32)21-13-6-7-14-23(21)31(4)25(29)33/h6-17,22,35H,18H2,1-5H3. The van der Waals surface area contributed by atoms with Gasteiger partial charge in [0.25, 0.3) is 5.91 Å². The normalized spacial score (nSPS) is 24.9. The van der Waals surface area contributed by atoms with E-state index in [2.05, 4.69) is 4.98 Å². The summed E-state index contributed by atoms with van der Waals surface area (Å²) >= 11 is 0. The number of aliphatic hydroxyl groups is 1. The molecule has 8 heteroatoms. The summed E-state index contributed by atoms with van der Waals surface area (Å²) < 4.78 is 11.3. The Morgan fingerprint density at radius 1 is 1.08 bits per heavy atom. The minimum Gasteiger partial charge on any atom is -0.497 e. The molecule has 2 aliphatic rings. The Balaban J connectivity index is 1.85. The summed E-state index contributed by atoms with van der Waals surface area (Å²) in [6.07, 6.45) is 0.775. The van der Waals surface area contributed by atoms with Crippen LogP contribution in [0.4, 0.5) is 10.5 Å². The zero-order chi connectivity index (χ0) is 26.6. The lowest BCUT2D eigenvalue weighted by atomic mass is 9.75. The summed E-state index contributed by atoms with van der Waals surface area (Å²) in [6, 6.07) is 19.9. The van der Waals surface area contributed by atoms with E-state index in [9.17, 15) is 14.7 Å². The summed E-state index contributed by atoms with van der Waals surface area (Å²) in [5.74, 6) is -0.364. The highest BCUT2D eigenvalue weighted by Crippen LogP contribution is 2.63. The van der Waals surface area contributed by atoms with Crippen molar-refractivity contribution in [1.82, 2.24) is 9.88 Å². The number of fused-ring (bicyclic) bond motifs is 2. The topological polar surface area (TPSA) is 92.2 Å². The van der Waals surface area contributed by atoms with Crippen LogP contribution in [0.2, 0.25) is 0 Å². The van der Waals surface area contributed by atoms with Gasteiger partial charge >= 0.3 is 6.09 Å². The minimum absolute atomic E-state index is 0.0182. The number of likely N-dealkylation sites (tertiary alicyclic amines) is 1. The fourth-order valence-electron chi connectivity index (χ4n) is 5.73. The van der Waals surface area contributed by atoms with E-state index in [-0.39, 0.29) is 18.0 Å². The fraction of sp³-hybridized carbons (Fsp3) is 0.345. The average Bonchev–Trinajstić information content (AvgIpc) is 3.29. The third-order valence-electron chi connectivity index (χ3n) is 7.17. The zero-order valence-corrected chi connectivity index (χ0v) is 21.6. The summed E-state index contributed by atoms with van der Waals surface area (Å²) in [7, 11) is 3.26. The second kappa shape index (κ2) is 8.59. The molecule has 0 bridgehead atoms. The van der Waals surface area contributed by atoms with Gasteiger partial charge in [0.05, 0.1) is 12.8 Å². The molecule has 3 atom stereocenters. The summed E-state index contributed by atoms with van der Waals surface area (Å²) in [5.41, 5.74) is -2.11. The van der Waals surface area contributed by atoms with Crippen molar-refractivity contribution in [1.29, 1.82) is 0 Å². The quantitative estimate of drug-likeness (QED) is 0.567. The Labute approximate surface area is 216 Å². The van der Waals surface area contributed by atoms with Crippen LogP contribution >= 0.6 is 0 Å². The lowest BCUT2D eigenvalue weighted by Gasteiger charge is -2.42. The number of nitrogens with zero attached hydrogens (tertiary/aromatic N) is 3. The molecule has 3 heterocycles. The van der Waals surface area contributed by atoms with Crippen LogP contribution < -0.4 is 9.64 Å². The zero-order valence-electron chi connectivity index (χ0n) is 21.6. The average molecular weight is 502 g/mol. The van der Waals surface area contributed by atoms with E-state index in [1.165, 1.54) is 4.90 Å². The summed E-state index contributed by atoms with van der Waals surface area (Å²) in [6.45, 7) is 5.26. The molecule has 3 unspecified atom stereocenters. The maximum atomic E-state index is 14.4. The molecule has 5 rings (SSSR count). The number of amides is 2. The molecule has 2 aliphatic heterocycles. The van der Waals surface area contributed by atoms with Gasteiger partial charge in [-0.15, -0.1) is 0 Å². The Bertz CT molecular complexity index is 1350. The van der Waals surface area contributed by atoms with Crippen molar-refractivity contribution in [2.75, 3.05) is 19.1 Å². The molecule has 1 aromatic heterocycles. The smallest absolute Gasteiger partial charge is 0.414 e. The number of hydrogen-bond acceptors (Lipinski definition) is 6. The maximum absolute atomic E-state index is 14.4. The van der Waals surface area contributed by atoms with Gasteiger partial charge < -0.3 is 19.5 Å².